The highest BCUT2D eigenvalue weighted by Gasteiger charge is 2.28. The molecule has 1 amide bonds. The summed E-state index contributed by atoms with van der Waals surface area (Å²) in [7, 11) is -4.01. The number of hydrogen-bond acceptors (Lipinski definition) is 3. The van der Waals surface area contributed by atoms with Crippen molar-refractivity contribution in [2.24, 2.45) is 0 Å². The number of anilines is 1. The summed E-state index contributed by atoms with van der Waals surface area (Å²) >= 11 is 18.4. The van der Waals surface area contributed by atoms with Crippen molar-refractivity contribution in [1.82, 2.24) is 4.31 Å². The van der Waals surface area contributed by atoms with Gasteiger partial charge in [0.15, 0.2) is 0 Å². The second-order valence-corrected chi connectivity index (χ2v) is 10.4. The van der Waals surface area contributed by atoms with Gasteiger partial charge >= 0.3 is 0 Å². The van der Waals surface area contributed by atoms with Gasteiger partial charge in [-0.3, -0.25) is 4.79 Å². The monoisotopic (exact) mass is 510 g/mol. The molecule has 9 heteroatoms. The Hall–Kier alpha value is -2.09. The molecule has 3 rings (SSSR count). The van der Waals surface area contributed by atoms with Crippen LogP contribution in [0.5, 0.6) is 0 Å². The van der Waals surface area contributed by atoms with Crippen molar-refractivity contribution < 1.29 is 13.2 Å². The van der Waals surface area contributed by atoms with Crippen molar-refractivity contribution in [2.45, 2.75) is 25.3 Å². The van der Waals surface area contributed by atoms with Gasteiger partial charge < -0.3 is 5.32 Å². The number of benzene rings is 3. The summed E-state index contributed by atoms with van der Waals surface area (Å²) in [6.45, 7) is 3.21. The van der Waals surface area contributed by atoms with E-state index < -0.39 is 22.5 Å². The maximum Gasteiger partial charge on any atom is 0.243 e. The maximum atomic E-state index is 13.5. The molecule has 0 saturated heterocycles. The highest BCUT2D eigenvalue weighted by Crippen LogP contribution is 2.30. The van der Waals surface area contributed by atoms with Gasteiger partial charge in [-0.2, -0.15) is 4.31 Å². The summed E-state index contributed by atoms with van der Waals surface area (Å²) in [5.41, 5.74) is 2.68. The molecule has 0 saturated carbocycles. The second kappa shape index (κ2) is 10.2. The third-order valence-corrected chi connectivity index (χ3v) is 7.94. The average Bonchev–Trinajstić information content (AvgIpc) is 2.74. The fourth-order valence-corrected chi connectivity index (χ4v) is 5.02. The lowest BCUT2D eigenvalue weighted by Crippen LogP contribution is -2.37. The molecular formula is C23H21Cl3N2O3S. The molecular weight excluding hydrogens is 491 g/mol. The Morgan fingerprint density at radius 1 is 0.906 bits per heavy atom. The normalized spacial score (nSPS) is 11.6. The van der Waals surface area contributed by atoms with Crippen LogP contribution in [0.15, 0.2) is 65.6 Å². The molecule has 0 radical (unpaired) electrons. The topological polar surface area (TPSA) is 66.5 Å². The molecule has 0 spiro atoms. The molecule has 32 heavy (non-hydrogen) atoms. The summed E-state index contributed by atoms with van der Waals surface area (Å²) in [6, 6.07) is 16.6. The highest BCUT2D eigenvalue weighted by atomic mass is 35.5. The Labute approximate surface area is 203 Å². The molecule has 0 aromatic heterocycles. The minimum atomic E-state index is -4.01. The molecule has 0 aliphatic carbocycles. The zero-order chi connectivity index (χ0) is 23.5. The van der Waals surface area contributed by atoms with Gasteiger partial charge in [-0.15, -0.1) is 0 Å². The number of nitrogens with zero attached hydrogens (tertiary/aromatic N) is 1. The van der Waals surface area contributed by atoms with E-state index in [9.17, 15) is 13.2 Å². The van der Waals surface area contributed by atoms with Crippen LogP contribution >= 0.6 is 34.8 Å². The summed E-state index contributed by atoms with van der Waals surface area (Å²) in [6.07, 6.45) is 0. The van der Waals surface area contributed by atoms with Gasteiger partial charge in [0.1, 0.15) is 0 Å². The lowest BCUT2D eigenvalue weighted by Gasteiger charge is -2.23. The number of sulfonamides is 1. The summed E-state index contributed by atoms with van der Waals surface area (Å²) in [4.78, 5) is 12.9. The van der Waals surface area contributed by atoms with Crippen LogP contribution in [0.4, 0.5) is 5.69 Å². The fourth-order valence-electron chi connectivity index (χ4n) is 3.02. The van der Waals surface area contributed by atoms with Gasteiger partial charge in [-0.05, 0) is 60.9 Å². The van der Waals surface area contributed by atoms with Crippen molar-refractivity contribution in [3.63, 3.8) is 0 Å². The third kappa shape index (κ3) is 5.63. The minimum absolute atomic E-state index is 0.0777. The molecule has 0 aliphatic heterocycles. The van der Waals surface area contributed by atoms with Crippen LogP contribution in [0, 0.1) is 13.8 Å². The molecule has 5 nitrogen and oxygen atoms in total. The van der Waals surface area contributed by atoms with E-state index in [0.717, 1.165) is 15.4 Å². The zero-order valence-electron chi connectivity index (χ0n) is 17.4. The number of hydrogen-bond donors (Lipinski definition) is 1. The lowest BCUT2D eigenvalue weighted by atomic mass is 10.1. The summed E-state index contributed by atoms with van der Waals surface area (Å²) < 4.78 is 28.0. The molecule has 3 aromatic carbocycles. The van der Waals surface area contributed by atoms with Gasteiger partial charge in [0.25, 0.3) is 0 Å². The van der Waals surface area contributed by atoms with E-state index in [1.807, 2.05) is 13.8 Å². The zero-order valence-corrected chi connectivity index (χ0v) is 20.5. The SMILES string of the molecule is Cc1ccc(S(=O)(=O)N(CC(=O)Nc2cccc(Cl)c2Cl)Cc2ccccc2Cl)cc1C. The van der Waals surface area contributed by atoms with Crippen molar-refractivity contribution in [2.75, 3.05) is 11.9 Å². The Kier molecular flexibility index (Phi) is 7.85. The van der Waals surface area contributed by atoms with E-state index in [4.69, 9.17) is 34.8 Å². The fraction of sp³-hybridized carbons (Fsp3) is 0.174. The number of nitrogens with one attached hydrogen (secondary N) is 1. The van der Waals surface area contributed by atoms with Crippen molar-refractivity contribution in [3.8, 4) is 0 Å². The van der Waals surface area contributed by atoms with Crippen LogP contribution in [0.2, 0.25) is 15.1 Å². The summed E-state index contributed by atoms with van der Waals surface area (Å²) in [5.74, 6) is -0.561. The van der Waals surface area contributed by atoms with Crippen LogP contribution in [0.1, 0.15) is 16.7 Å². The number of rotatable bonds is 7. The first-order valence-corrected chi connectivity index (χ1v) is 12.2. The molecule has 0 atom stereocenters. The smallest absolute Gasteiger partial charge is 0.243 e. The molecule has 0 unspecified atom stereocenters. The standard InChI is InChI=1S/C23H21Cl3N2O3S/c1-15-10-11-18(12-16(15)2)32(30,31)28(13-17-6-3-4-7-19(17)24)14-22(29)27-21-9-5-8-20(25)23(21)26/h3-12H,13-14H2,1-2H3,(H,27,29). The maximum absolute atomic E-state index is 13.5. The number of carbonyl (C=O) groups is 1. The number of carbonyl (C=O) groups excluding carboxylic acids is 1. The van der Waals surface area contributed by atoms with Crippen LogP contribution in [0.3, 0.4) is 0 Å². The molecule has 0 fully saturated rings. The molecule has 1 N–H and O–H groups in total. The molecule has 0 aliphatic rings. The predicted octanol–water partition coefficient (Wildman–Crippen LogP) is 6.09. The Balaban J connectivity index is 1.94. The Morgan fingerprint density at radius 3 is 2.28 bits per heavy atom. The van der Waals surface area contributed by atoms with Crippen molar-refractivity contribution in [1.29, 1.82) is 0 Å². The third-order valence-electron chi connectivity index (χ3n) is 4.97. The van der Waals surface area contributed by atoms with Crippen LogP contribution in [-0.2, 0) is 21.4 Å². The Bertz CT molecular complexity index is 1260. The van der Waals surface area contributed by atoms with E-state index in [0.29, 0.717) is 16.3 Å². The van der Waals surface area contributed by atoms with E-state index in [1.54, 1.807) is 54.6 Å². The summed E-state index contributed by atoms with van der Waals surface area (Å²) in [5, 5.41) is 3.50. The van der Waals surface area contributed by atoms with Gasteiger partial charge in [-0.25, -0.2) is 8.42 Å². The van der Waals surface area contributed by atoms with E-state index in [-0.39, 0.29) is 21.5 Å². The molecule has 0 heterocycles. The van der Waals surface area contributed by atoms with Gasteiger partial charge in [0.05, 0.1) is 27.2 Å². The second-order valence-electron chi connectivity index (χ2n) is 7.26. The minimum Gasteiger partial charge on any atom is -0.324 e. The molecule has 168 valence electrons. The quantitative estimate of drug-likeness (QED) is 0.417. The molecule has 3 aromatic rings. The number of amides is 1. The number of halogens is 3. The van der Waals surface area contributed by atoms with Gasteiger partial charge in [0.2, 0.25) is 15.9 Å². The van der Waals surface area contributed by atoms with Crippen molar-refractivity contribution in [3.05, 3.63) is 92.4 Å². The highest BCUT2D eigenvalue weighted by molar-refractivity contribution is 7.89. The van der Waals surface area contributed by atoms with Gasteiger partial charge in [-0.1, -0.05) is 65.1 Å². The van der Waals surface area contributed by atoms with Crippen LogP contribution < -0.4 is 5.32 Å². The number of aryl methyl sites for hydroxylation is 2. The lowest BCUT2D eigenvalue weighted by molar-refractivity contribution is -0.116. The first kappa shape index (κ1) is 24.6. The van der Waals surface area contributed by atoms with E-state index >= 15 is 0 Å². The molecule has 0 bridgehead atoms. The first-order valence-electron chi connectivity index (χ1n) is 9.64. The van der Waals surface area contributed by atoms with E-state index in [2.05, 4.69) is 5.32 Å². The first-order chi connectivity index (χ1) is 15.1. The Morgan fingerprint density at radius 2 is 1.59 bits per heavy atom. The van der Waals surface area contributed by atoms with Crippen LogP contribution in [-0.4, -0.2) is 25.2 Å². The van der Waals surface area contributed by atoms with Gasteiger partial charge in [0, 0.05) is 11.6 Å². The largest absolute Gasteiger partial charge is 0.324 e. The van der Waals surface area contributed by atoms with Crippen molar-refractivity contribution >= 4 is 56.4 Å². The average molecular weight is 512 g/mol. The predicted molar refractivity (Wildman–Crippen MR) is 130 cm³/mol. The van der Waals surface area contributed by atoms with Crippen LogP contribution in [0.25, 0.3) is 0 Å². The van der Waals surface area contributed by atoms with E-state index in [1.165, 1.54) is 6.07 Å².